The lowest BCUT2D eigenvalue weighted by molar-refractivity contribution is 0.546. The molecule has 0 spiro atoms. The van der Waals surface area contributed by atoms with Crippen LogP contribution in [0.3, 0.4) is 0 Å². The van der Waals surface area contributed by atoms with Crippen molar-refractivity contribution in [2.24, 2.45) is 13.0 Å². The van der Waals surface area contributed by atoms with Crippen LogP contribution in [0.5, 0.6) is 0 Å². The van der Waals surface area contributed by atoms with E-state index in [1.165, 1.54) is 24.1 Å². The molecule has 0 saturated heterocycles. The predicted octanol–water partition coefficient (Wildman–Crippen LogP) is 1.79. The summed E-state index contributed by atoms with van der Waals surface area (Å²) in [6.45, 7) is 5.50. The first-order valence-corrected chi connectivity index (χ1v) is 5.40. The van der Waals surface area contributed by atoms with Crippen molar-refractivity contribution in [1.29, 1.82) is 0 Å². The second-order valence-electron chi connectivity index (χ2n) is 4.38. The molecule has 1 unspecified atom stereocenters. The zero-order chi connectivity index (χ0) is 10.1. The van der Waals surface area contributed by atoms with E-state index in [2.05, 4.69) is 24.3 Å². The molecule has 0 radical (unpaired) electrons. The summed E-state index contributed by atoms with van der Waals surface area (Å²) in [5, 5.41) is 7.82. The molecule has 0 bridgehead atoms. The van der Waals surface area contributed by atoms with Crippen molar-refractivity contribution in [2.45, 2.75) is 32.7 Å². The zero-order valence-corrected chi connectivity index (χ0v) is 9.25. The maximum atomic E-state index is 4.26. The minimum Gasteiger partial charge on any atom is -0.310 e. The SMILES string of the molecule is Cc1c(C(C)NCC2CC2)cnn1C. The van der Waals surface area contributed by atoms with E-state index in [1.807, 2.05) is 17.9 Å². The molecule has 1 aliphatic rings. The normalized spacial score (nSPS) is 18.5. The smallest absolute Gasteiger partial charge is 0.0540 e. The largest absolute Gasteiger partial charge is 0.310 e. The first-order chi connectivity index (χ1) is 6.68. The fraction of sp³-hybridized carbons (Fsp3) is 0.727. The molecule has 3 nitrogen and oxygen atoms in total. The molecule has 0 aromatic carbocycles. The third kappa shape index (κ3) is 1.98. The van der Waals surface area contributed by atoms with Crippen molar-refractivity contribution in [3.8, 4) is 0 Å². The molecule has 0 aliphatic heterocycles. The van der Waals surface area contributed by atoms with E-state index in [0.29, 0.717) is 6.04 Å². The monoisotopic (exact) mass is 193 g/mol. The Balaban J connectivity index is 1.95. The highest BCUT2D eigenvalue weighted by Gasteiger charge is 2.22. The molecule has 2 rings (SSSR count). The average molecular weight is 193 g/mol. The van der Waals surface area contributed by atoms with Gasteiger partial charge in [0.15, 0.2) is 0 Å². The van der Waals surface area contributed by atoms with Crippen LogP contribution in [0.2, 0.25) is 0 Å². The van der Waals surface area contributed by atoms with Gasteiger partial charge < -0.3 is 5.32 Å². The van der Waals surface area contributed by atoms with Crippen molar-refractivity contribution >= 4 is 0 Å². The maximum Gasteiger partial charge on any atom is 0.0540 e. The maximum absolute atomic E-state index is 4.26. The minimum absolute atomic E-state index is 0.435. The Morgan fingerprint density at radius 3 is 2.86 bits per heavy atom. The van der Waals surface area contributed by atoms with Crippen LogP contribution in [-0.4, -0.2) is 16.3 Å². The molecule has 14 heavy (non-hydrogen) atoms. The van der Waals surface area contributed by atoms with Crippen molar-refractivity contribution in [3.05, 3.63) is 17.5 Å². The Kier molecular flexibility index (Phi) is 2.59. The van der Waals surface area contributed by atoms with Gasteiger partial charge in [0.1, 0.15) is 0 Å². The van der Waals surface area contributed by atoms with Gasteiger partial charge in [-0.1, -0.05) is 0 Å². The number of hydrogen-bond acceptors (Lipinski definition) is 2. The molecule has 1 aromatic rings. The van der Waals surface area contributed by atoms with E-state index >= 15 is 0 Å². The third-order valence-electron chi connectivity index (χ3n) is 3.15. The predicted molar refractivity (Wildman–Crippen MR) is 57.1 cm³/mol. The summed E-state index contributed by atoms with van der Waals surface area (Å²) >= 11 is 0. The quantitative estimate of drug-likeness (QED) is 0.790. The lowest BCUT2D eigenvalue weighted by Crippen LogP contribution is -2.21. The van der Waals surface area contributed by atoms with Gasteiger partial charge in [0.2, 0.25) is 0 Å². The fourth-order valence-electron chi connectivity index (χ4n) is 1.72. The second kappa shape index (κ2) is 3.73. The topological polar surface area (TPSA) is 29.9 Å². The van der Waals surface area contributed by atoms with Crippen LogP contribution in [-0.2, 0) is 7.05 Å². The molecule has 1 saturated carbocycles. The highest BCUT2D eigenvalue weighted by molar-refractivity contribution is 5.19. The molecule has 0 amide bonds. The summed E-state index contributed by atoms with van der Waals surface area (Å²) in [5.41, 5.74) is 2.59. The van der Waals surface area contributed by atoms with Crippen LogP contribution in [0.4, 0.5) is 0 Å². The summed E-state index contributed by atoms with van der Waals surface area (Å²) in [6, 6.07) is 0.435. The van der Waals surface area contributed by atoms with Crippen molar-refractivity contribution < 1.29 is 0 Å². The molecule has 1 atom stereocenters. The Morgan fingerprint density at radius 1 is 1.64 bits per heavy atom. The van der Waals surface area contributed by atoms with Crippen molar-refractivity contribution in [2.75, 3.05) is 6.54 Å². The highest BCUT2D eigenvalue weighted by Crippen LogP contribution is 2.28. The Bertz CT molecular complexity index is 312. The van der Waals surface area contributed by atoms with E-state index in [-0.39, 0.29) is 0 Å². The first-order valence-electron chi connectivity index (χ1n) is 5.40. The molecule has 3 heteroatoms. The van der Waals surface area contributed by atoms with Crippen LogP contribution < -0.4 is 5.32 Å². The van der Waals surface area contributed by atoms with E-state index in [9.17, 15) is 0 Å². The van der Waals surface area contributed by atoms with Gasteiger partial charge in [-0.15, -0.1) is 0 Å². The zero-order valence-electron chi connectivity index (χ0n) is 9.25. The van der Waals surface area contributed by atoms with Crippen LogP contribution >= 0.6 is 0 Å². The summed E-state index contributed by atoms with van der Waals surface area (Å²) in [4.78, 5) is 0. The molecule has 1 aromatic heterocycles. The minimum atomic E-state index is 0.435. The van der Waals surface area contributed by atoms with Gasteiger partial charge in [-0.2, -0.15) is 5.10 Å². The summed E-state index contributed by atoms with van der Waals surface area (Å²) in [6.07, 6.45) is 4.79. The molecule has 1 fully saturated rings. The average Bonchev–Trinajstić information content (AvgIpc) is 2.92. The van der Waals surface area contributed by atoms with E-state index in [0.717, 1.165) is 12.5 Å². The lowest BCUT2D eigenvalue weighted by atomic mass is 10.1. The van der Waals surface area contributed by atoms with Gasteiger partial charge in [-0.05, 0) is 39.2 Å². The van der Waals surface area contributed by atoms with Crippen molar-refractivity contribution in [1.82, 2.24) is 15.1 Å². The summed E-state index contributed by atoms with van der Waals surface area (Å²) in [7, 11) is 1.99. The van der Waals surface area contributed by atoms with Gasteiger partial charge in [0.25, 0.3) is 0 Å². The van der Waals surface area contributed by atoms with E-state index < -0.39 is 0 Å². The van der Waals surface area contributed by atoms with E-state index in [4.69, 9.17) is 0 Å². The second-order valence-corrected chi connectivity index (χ2v) is 4.38. The molecule has 1 heterocycles. The molecular formula is C11H19N3. The number of rotatable bonds is 4. The molecular weight excluding hydrogens is 174 g/mol. The Morgan fingerprint density at radius 2 is 2.36 bits per heavy atom. The van der Waals surface area contributed by atoms with Gasteiger partial charge in [-0.25, -0.2) is 0 Å². The number of nitrogens with one attached hydrogen (secondary N) is 1. The molecule has 1 aliphatic carbocycles. The third-order valence-corrected chi connectivity index (χ3v) is 3.15. The van der Waals surface area contributed by atoms with Crippen LogP contribution in [0, 0.1) is 12.8 Å². The first kappa shape index (κ1) is 9.71. The van der Waals surface area contributed by atoms with Crippen molar-refractivity contribution in [3.63, 3.8) is 0 Å². The number of aromatic nitrogens is 2. The van der Waals surface area contributed by atoms with Gasteiger partial charge in [-0.3, -0.25) is 4.68 Å². The molecule has 78 valence electrons. The van der Waals surface area contributed by atoms with Crippen LogP contribution in [0.15, 0.2) is 6.20 Å². The Labute approximate surface area is 85.5 Å². The Hall–Kier alpha value is -0.830. The molecule has 1 N–H and O–H groups in total. The standard InChI is InChI=1S/C11H19N3/c1-8(12-6-10-4-5-10)11-7-13-14(3)9(11)2/h7-8,10,12H,4-6H2,1-3H3. The number of nitrogens with zero attached hydrogens (tertiary/aromatic N) is 2. The van der Waals surface area contributed by atoms with Gasteiger partial charge in [0, 0.05) is 24.3 Å². The lowest BCUT2D eigenvalue weighted by Gasteiger charge is -2.12. The fourth-order valence-corrected chi connectivity index (χ4v) is 1.72. The van der Waals surface area contributed by atoms with E-state index in [1.54, 1.807) is 0 Å². The van der Waals surface area contributed by atoms with Crippen LogP contribution in [0.25, 0.3) is 0 Å². The summed E-state index contributed by atoms with van der Waals surface area (Å²) < 4.78 is 1.94. The van der Waals surface area contributed by atoms with Gasteiger partial charge in [0.05, 0.1) is 6.20 Å². The van der Waals surface area contributed by atoms with Crippen LogP contribution in [0.1, 0.15) is 37.1 Å². The number of aryl methyl sites for hydroxylation is 1. The summed E-state index contributed by atoms with van der Waals surface area (Å²) in [5.74, 6) is 0.939. The highest BCUT2D eigenvalue weighted by atomic mass is 15.3. The van der Waals surface area contributed by atoms with Gasteiger partial charge >= 0.3 is 0 Å². The number of hydrogen-bond donors (Lipinski definition) is 1.